The summed E-state index contributed by atoms with van der Waals surface area (Å²) in [4.78, 5) is 12.2. The van der Waals surface area contributed by atoms with Crippen LogP contribution in [0.5, 0.6) is 0 Å². The van der Waals surface area contributed by atoms with Gasteiger partial charge in [-0.2, -0.15) is 6.42 Å². The summed E-state index contributed by atoms with van der Waals surface area (Å²) in [5, 5.41) is 3.07. The second kappa shape index (κ2) is 10.8. The molecule has 1 N–H and O–H groups in total. The summed E-state index contributed by atoms with van der Waals surface area (Å²) in [5.74, 6) is 0.193. The molecule has 0 heterocycles. The Morgan fingerprint density at radius 1 is 1.11 bits per heavy atom. The van der Waals surface area contributed by atoms with E-state index in [-0.39, 0.29) is 68.1 Å². The van der Waals surface area contributed by atoms with Crippen LogP contribution in [-0.4, -0.2) is 12.5 Å². The third-order valence-electron chi connectivity index (χ3n) is 3.70. The molecule has 0 rings (SSSR count). The zero-order valence-electron chi connectivity index (χ0n) is 14.1. The summed E-state index contributed by atoms with van der Waals surface area (Å²) in [6.45, 7) is 15.4. The minimum atomic E-state index is -0.272. The Balaban J connectivity index is 0. The molecule has 0 aliphatic heterocycles. The number of carbonyl (C=O) groups is 1. The van der Waals surface area contributed by atoms with Gasteiger partial charge in [0.25, 0.3) is 0 Å². The smallest absolute Gasteiger partial charge is 0.356 e. The topological polar surface area (TPSA) is 29.1 Å². The van der Waals surface area contributed by atoms with Gasteiger partial charge in [0.15, 0.2) is 0 Å². The maximum absolute atomic E-state index is 12.2. The Morgan fingerprint density at radius 3 is 2.16 bits per heavy atom. The molecule has 0 aromatic heterocycles. The van der Waals surface area contributed by atoms with Gasteiger partial charge in [-0.15, -0.1) is 0 Å². The van der Waals surface area contributed by atoms with Crippen molar-refractivity contribution in [3.8, 4) is 0 Å². The quantitative estimate of drug-likeness (QED) is 0.388. The van der Waals surface area contributed by atoms with Crippen molar-refractivity contribution in [1.82, 2.24) is 5.32 Å². The van der Waals surface area contributed by atoms with Gasteiger partial charge >= 0.3 is 51.4 Å². The molecule has 0 bridgehead atoms. The molecule has 2 nitrogen and oxygen atoms in total. The number of rotatable bonds is 9. The summed E-state index contributed by atoms with van der Waals surface area (Å²) in [7, 11) is 0. The van der Waals surface area contributed by atoms with Crippen LogP contribution in [0.25, 0.3) is 0 Å². The van der Waals surface area contributed by atoms with Crippen LogP contribution in [0.2, 0.25) is 0 Å². The Kier molecular flexibility index (Phi) is 12.7. The zero-order chi connectivity index (χ0) is 14.2. The number of hydrogen-bond donors (Lipinski definition) is 1. The first kappa shape index (κ1) is 22.4. The number of amides is 1. The van der Waals surface area contributed by atoms with Crippen molar-refractivity contribution in [2.24, 2.45) is 10.8 Å². The van der Waals surface area contributed by atoms with Crippen LogP contribution < -0.4 is 56.7 Å². The molecule has 0 aliphatic carbocycles. The minimum Gasteiger partial charge on any atom is -0.356 e. The molecule has 0 radical (unpaired) electrons. The molecule has 108 valence electrons. The molecule has 0 aromatic rings. The second-order valence-corrected chi connectivity index (χ2v) is 6.75. The third-order valence-corrected chi connectivity index (χ3v) is 3.70. The molecular weight excluding hydrogens is 261 g/mol. The number of unbranched alkanes of at least 4 members (excludes halogenated alkanes) is 3. The van der Waals surface area contributed by atoms with E-state index >= 15 is 0 Å². The molecule has 0 aliphatic rings. The SMILES string of the molecule is [CH2-]CCCCCNC(=O)C(C)(C)CC(C)(C)CC.[K+]. The fraction of sp³-hybridized carbons (Fsp3) is 0.875. The average Bonchev–Trinajstić information content (AvgIpc) is 2.27. The molecule has 0 unspecified atom stereocenters. The molecule has 1 amide bonds. The first-order chi connectivity index (χ1) is 8.25. The number of carbonyl (C=O) groups excluding carboxylic acids is 1. The summed E-state index contributed by atoms with van der Waals surface area (Å²) < 4.78 is 0. The monoisotopic (exact) mass is 293 g/mol. The predicted octanol–water partition coefficient (Wildman–Crippen LogP) is 1.35. The fourth-order valence-corrected chi connectivity index (χ4v) is 2.32. The summed E-state index contributed by atoms with van der Waals surface area (Å²) in [5.41, 5.74) is -0.0411. The van der Waals surface area contributed by atoms with Crippen molar-refractivity contribution < 1.29 is 56.2 Å². The van der Waals surface area contributed by atoms with E-state index in [0.717, 1.165) is 45.1 Å². The van der Waals surface area contributed by atoms with E-state index in [1.165, 1.54) is 0 Å². The number of nitrogens with one attached hydrogen (secondary N) is 1. The van der Waals surface area contributed by atoms with Crippen LogP contribution in [0.3, 0.4) is 0 Å². The maximum atomic E-state index is 12.2. The molecule has 19 heavy (non-hydrogen) atoms. The van der Waals surface area contributed by atoms with Gasteiger partial charge in [0, 0.05) is 12.0 Å². The summed E-state index contributed by atoms with van der Waals surface area (Å²) in [6.07, 6.45) is 6.40. The number of hydrogen-bond acceptors (Lipinski definition) is 1. The summed E-state index contributed by atoms with van der Waals surface area (Å²) in [6, 6.07) is 0. The fourth-order valence-electron chi connectivity index (χ4n) is 2.32. The van der Waals surface area contributed by atoms with Crippen molar-refractivity contribution in [1.29, 1.82) is 0 Å². The molecule has 0 saturated heterocycles. The van der Waals surface area contributed by atoms with E-state index in [2.05, 4.69) is 46.9 Å². The van der Waals surface area contributed by atoms with Gasteiger partial charge in [0.05, 0.1) is 0 Å². The Labute approximate surface area is 163 Å². The summed E-state index contributed by atoms with van der Waals surface area (Å²) >= 11 is 0. The third kappa shape index (κ3) is 10.5. The van der Waals surface area contributed by atoms with Gasteiger partial charge in [-0.25, -0.2) is 0 Å². The predicted molar refractivity (Wildman–Crippen MR) is 79.3 cm³/mol. The van der Waals surface area contributed by atoms with Gasteiger partial charge in [-0.1, -0.05) is 53.9 Å². The van der Waals surface area contributed by atoms with Crippen LogP contribution in [0.1, 0.15) is 73.1 Å². The van der Waals surface area contributed by atoms with Gasteiger partial charge in [-0.3, -0.25) is 4.79 Å². The van der Waals surface area contributed by atoms with E-state index < -0.39 is 0 Å². The Hall–Kier alpha value is 1.11. The van der Waals surface area contributed by atoms with E-state index in [1.807, 2.05) is 0 Å². The molecule has 0 aromatic carbocycles. The second-order valence-electron chi connectivity index (χ2n) is 6.75. The molecule has 0 fully saturated rings. The van der Waals surface area contributed by atoms with E-state index in [0.29, 0.717) is 0 Å². The van der Waals surface area contributed by atoms with Gasteiger partial charge in [-0.05, 0) is 18.3 Å². The largest absolute Gasteiger partial charge is 1.00 e. The average molecular weight is 294 g/mol. The van der Waals surface area contributed by atoms with Gasteiger partial charge in [0.2, 0.25) is 5.91 Å². The van der Waals surface area contributed by atoms with Crippen LogP contribution in [0.15, 0.2) is 0 Å². The van der Waals surface area contributed by atoms with Gasteiger partial charge < -0.3 is 12.2 Å². The first-order valence-electron chi connectivity index (χ1n) is 7.33. The van der Waals surface area contributed by atoms with Crippen molar-refractivity contribution in [3.63, 3.8) is 0 Å². The van der Waals surface area contributed by atoms with E-state index in [1.54, 1.807) is 0 Å². The van der Waals surface area contributed by atoms with Gasteiger partial charge in [0.1, 0.15) is 0 Å². The Morgan fingerprint density at radius 2 is 1.68 bits per heavy atom. The van der Waals surface area contributed by atoms with Crippen LogP contribution in [-0.2, 0) is 4.79 Å². The van der Waals surface area contributed by atoms with Crippen LogP contribution >= 0.6 is 0 Å². The normalized spacial score (nSPS) is 11.9. The van der Waals surface area contributed by atoms with Crippen LogP contribution in [0.4, 0.5) is 0 Å². The molecule has 0 saturated carbocycles. The van der Waals surface area contributed by atoms with E-state index in [4.69, 9.17) is 0 Å². The van der Waals surface area contributed by atoms with Crippen molar-refractivity contribution in [3.05, 3.63) is 6.92 Å². The van der Waals surface area contributed by atoms with Crippen molar-refractivity contribution in [2.45, 2.75) is 73.1 Å². The molecular formula is C16H32KNO. The zero-order valence-corrected chi connectivity index (χ0v) is 17.2. The molecule has 3 heteroatoms. The first-order valence-corrected chi connectivity index (χ1v) is 7.33. The van der Waals surface area contributed by atoms with Crippen molar-refractivity contribution >= 4 is 5.91 Å². The van der Waals surface area contributed by atoms with Crippen LogP contribution in [0, 0.1) is 17.8 Å². The minimum absolute atomic E-state index is 0. The standard InChI is InChI=1S/C16H32NO.K/c1-7-9-10-11-12-17-14(18)16(5,6)13-15(3,4)8-2;/h1,7-13H2,2-6H3,(H,17,18);/q-1;+1. The van der Waals surface area contributed by atoms with E-state index in [9.17, 15) is 4.79 Å². The molecule has 0 atom stereocenters. The van der Waals surface area contributed by atoms with Crippen molar-refractivity contribution in [2.75, 3.05) is 6.54 Å². The Bertz CT molecular complexity index is 249. The molecule has 0 spiro atoms. The maximum Gasteiger partial charge on any atom is 1.00 e.